The molecule has 0 aliphatic heterocycles. The Labute approximate surface area is 183 Å². The number of rotatable bonds is 6. The van der Waals surface area contributed by atoms with E-state index in [4.69, 9.17) is 14.2 Å². The first-order valence-electron chi connectivity index (χ1n) is 10.6. The second-order valence-electron chi connectivity index (χ2n) is 8.94. The maximum atomic E-state index is 12.3. The Bertz CT molecular complexity index is 890. The van der Waals surface area contributed by atoms with E-state index >= 15 is 0 Å². The van der Waals surface area contributed by atoms with Crippen molar-refractivity contribution in [2.24, 2.45) is 5.92 Å². The van der Waals surface area contributed by atoms with Crippen molar-refractivity contribution in [1.82, 2.24) is 5.32 Å². The van der Waals surface area contributed by atoms with E-state index in [2.05, 4.69) is 17.4 Å². The normalized spacial score (nSPS) is 20.7. The topological polar surface area (TPSA) is 73.9 Å². The fourth-order valence-corrected chi connectivity index (χ4v) is 3.94. The predicted molar refractivity (Wildman–Crippen MR) is 118 cm³/mol. The van der Waals surface area contributed by atoms with Crippen LogP contribution in [0.5, 0.6) is 5.75 Å². The molecule has 0 heterocycles. The molecule has 6 nitrogen and oxygen atoms in total. The van der Waals surface area contributed by atoms with Gasteiger partial charge in [0, 0.05) is 18.4 Å². The van der Waals surface area contributed by atoms with E-state index in [9.17, 15) is 9.59 Å². The van der Waals surface area contributed by atoms with Gasteiger partial charge in [-0.2, -0.15) is 0 Å². The lowest BCUT2D eigenvalue weighted by Gasteiger charge is -2.22. The van der Waals surface area contributed by atoms with Gasteiger partial charge >= 0.3 is 12.1 Å². The molecule has 0 unspecified atom stereocenters. The van der Waals surface area contributed by atoms with Crippen LogP contribution in [-0.4, -0.2) is 36.9 Å². The van der Waals surface area contributed by atoms with Crippen LogP contribution in [-0.2, 0) is 15.9 Å². The summed E-state index contributed by atoms with van der Waals surface area (Å²) in [4.78, 5) is 24.1. The summed E-state index contributed by atoms with van der Waals surface area (Å²) in [5, 5.41) is 2.99. The Hall–Kier alpha value is -3.02. The average Bonchev–Trinajstić information content (AvgIpc) is 3.07. The van der Waals surface area contributed by atoms with Crippen molar-refractivity contribution in [3.8, 4) is 5.75 Å². The molecule has 31 heavy (non-hydrogen) atoms. The van der Waals surface area contributed by atoms with Crippen molar-refractivity contribution in [3.63, 3.8) is 0 Å². The number of carbonyl (C=O) groups excluding carboxylic acids is 2. The van der Waals surface area contributed by atoms with Gasteiger partial charge in [-0.3, -0.25) is 0 Å². The van der Waals surface area contributed by atoms with E-state index in [1.54, 1.807) is 18.2 Å². The van der Waals surface area contributed by atoms with Gasteiger partial charge in [0.15, 0.2) is 0 Å². The summed E-state index contributed by atoms with van der Waals surface area (Å²) in [5.41, 5.74) is 1.12. The minimum Gasteiger partial charge on any atom is -0.490 e. The molecule has 6 heteroatoms. The summed E-state index contributed by atoms with van der Waals surface area (Å²) in [5.74, 6) is 0.426. The lowest BCUT2D eigenvalue weighted by molar-refractivity contribution is 0.0501. The number of ether oxygens (including phenoxy) is 3. The Morgan fingerprint density at radius 1 is 1.03 bits per heavy atom. The molecule has 0 radical (unpaired) electrons. The summed E-state index contributed by atoms with van der Waals surface area (Å²) in [6.07, 6.45) is 1.78. The number of methoxy groups -OCH3 is 1. The molecule has 0 spiro atoms. The molecule has 0 saturated heterocycles. The van der Waals surface area contributed by atoms with E-state index < -0.39 is 17.7 Å². The fourth-order valence-electron chi connectivity index (χ4n) is 3.94. The van der Waals surface area contributed by atoms with Crippen LogP contribution in [0, 0.1) is 5.92 Å². The Morgan fingerprint density at radius 3 is 2.45 bits per heavy atom. The molecule has 0 aromatic heterocycles. The molecule has 166 valence electrons. The number of hydrogen-bond acceptors (Lipinski definition) is 5. The van der Waals surface area contributed by atoms with Crippen LogP contribution in [0.3, 0.4) is 0 Å². The van der Waals surface area contributed by atoms with Gasteiger partial charge in [0.05, 0.1) is 12.7 Å². The minimum absolute atomic E-state index is 0.0441. The average molecular weight is 426 g/mol. The molecule has 1 aliphatic carbocycles. The number of carbonyl (C=O) groups is 2. The van der Waals surface area contributed by atoms with Crippen molar-refractivity contribution in [2.45, 2.75) is 57.8 Å². The quantitative estimate of drug-likeness (QED) is 0.675. The Morgan fingerprint density at radius 2 is 1.77 bits per heavy atom. The van der Waals surface area contributed by atoms with Crippen molar-refractivity contribution in [1.29, 1.82) is 0 Å². The van der Waals surface area contributed by atoms with Gasteiger partial charge in [-0.25, -0.2) is 9.59 Å². The molecule has 1 saturated carbocycles. The zero-order chi connectivity index (χ0) is 22.4. The first-order valence-corrected chi connectivity index (χ1v) is 10.6. The first-order chi connectivity index (χ1) is 14.7. The largest absolute Gasteiger partial charge is 0.490 e. The number of hydrogen-bond donors (Lipinski definition) is 1. The second-order valence-corrected chi connectivity index (χ2v) is 8.94. The maximum absolute atomic E-state index is 12.3. The highest BCUT2D eigenvalue weighted by molar-refractivity contribution is 5.89. The standard InChI is InChI=1S/C25H31NO5/c1-25(2,3)31-24(28)26-20-14-19(13-17-9-6-5-7-10-17)22(16-20)30-21-12-8-11-18(15-21)23(27)29-4/h5-12,15,19-20,22H,13-14,16H2,1-4H3,(H,26,28)/t19-,20-,22+/m0/s1. The van der Waals surface area contributed by atoms with Gasteiger partial charge < -0.3 is 19.5 Å². The summed E-state index contributed by atoms with van der Waals surface area (Å²) < 4.78 is 16.5. The van der Waals surface area contributed by atoms with Crippen LogP contribution in [0.15, 0.2) is 54.6 Å². The maximum Gasteiger partial charge on any atom is 0.407 e. The van der Waals surface area contributed by atoms with Crippen molar-refractivity contribution < 1.29 is 23.8 Å². The van der Waals surface area contributed by atoms with Crippen molar-refractivity contribution >= 4 is 12.1 Å². The monoisotopic (exact) mass is 425 g/mol. The van der Waals surface area contributed by atoms with Crippen molar-refractivity contribution in [3.05, 3.63) is 65.7 Å². The van der Waals surface area contributed by atoms with Gasteiger partial charge in [0.25, 0.3) is 0 Å². The molecule has 0 bridgehead atoms. The third-order valence-electron chi connectivity index (χ3n) is 5.23. The lowest BCUT2D eigenvalue weighted by atomic mass is 9.96. The summed E-state index contributed by atoms with van der Waals surface area (Å²) in [6, 6.07) is 17.2. The summed E-state index contributed by atoms with van der Waals surface area (Å²) in [7, 11) is 1.36. The summed E-state index contributed by atoms with van der Waals surface area (Å²) in [6.45, 7) is 5.54. The SMILES string of the molecule is COC(=O)c1cccc(O[C@@H]2C[C@@H](NC(=O)OC(C)(C)C)C[C@@H]2Cc2ccccc2)c1. The Kier molecular flexibility index (Phi) is 7.21. The van der Waals surface area contributed by atoms with Gasteiger partial charge in [-0.1, -0.05) is 36.4 Å². The van der Waals surface area contributed by atoms with Crippen LogP contribution in [0.25, 0.3) is 0 Å². The Balaban J connectivity index is 1.73. The molecular weight excluding hydrogens is 394 g/mol. The highest BCUT2D eigenvalue weighted by Crippen LogP contribution is 2.33. The number of amides is 1. The summed E-state index contributed by atoms with van der Waals surface area (Å²) >= 11 is 0. The van der Waals surface area contributed by atoms with Gasteiger partial charge in [0.1, 0.15) is 17.5 Å². The van der Waals surface area contributed by atoms with Crippen LogP contribution < -0.4 is 10.1 Å². The number of alkyl carbamates (subject to hydrolysis) is 1. The van der Waals surface area contributed by atoms with Crippen molar-refractivity contribution in [2.75, 3.05) is 7.11 Å². The molecule has 1 amide bonds. The van der Waals surface area contributed by atoms with Gasteiger partial charge in [-0.15, -0.1) is 0 Å². The molecule has 1 aliphatic rings. The molecule has 3 rings (SSSR count). The van der Waals surface area contributed by atoms with Crippen LogP contribution in [0.2, 0.25) is 0 Å². The van der Waals surface area contributed by atoms with E-state index in [1.807, 2.05) is 45.0 Å². The van der Waals surface area contributed by atoms with Gasteiger partial charge in [-0.05, 0) is 57.4 Å². The van der Waals surface area contributed by atoms with Gasteiger partial charge in [0.2, 0.25) is 0 Å². The first kappa shape index (κ1) is 22.7. The molecule has 2 aromatic carbocycles. The lowest BCUT2D eigenvalue weighted by Crippen LogP contribution is -2.38. The van der Waals surface area contributed by atoms with Crippen LogP contribution >= 0.6 is 0 Å². The fraction of sp³-hybridized carbons (Fsp3) is 0.440. The van der Waals surface area contributed by atoms with E-state index in [0.29, 0.717) is 17.7 Å². The third-order valence-corrected chi connectivity index (χ3v) is 5.23. The predicted octanol–water partition coefficient (Wildman–Crippen LogP) is 4.77. The smallest absolute Gasteiger partial charge is 0.407 e. The van der Waals surface area contributed by atoms with E-state index in [1.165, 1.54) is 12.7 Å². The van der Waals surface area contributed by atoms with Crippen LogP contribution in [0.4, 0.5) is 4.79 Å². The second kappa shape index (κ2) is 9.86. The minimum atomic E-state index is -0.545. The zero-order valence-electron chi connectivity index (χ0n) is 18.6. The highest BCUT2D eigenvalue weighted by atomic mass is 16.6. The molecule has 1 N–H and O–H groups in total. The van der Waals surface area contributed by atoms with E-state index in [0.717, 1.165) is 12.8 Å². The zero-order valence-corrected chi connectivity index (χ0v) is 18.6. The molecule has 1 fully saturated rings. The third kappa shape index (κ3) is 6.74. The molecule has 2 aromatic rings. The number of benzene rings is 2. The van der Waals surface area contributed by atoms with E-state index in [-0.39, 0.29) is 18.1 Å². The molecular formula is C25H31NO5. The molecule has 3 atom stereocenters. The number of nitrogens with one attached hydrogen (secondary N) is 1. The number of esters is 1. The highest BCUT2D eigenvalue weighted by Gasteiger charge is 2.37. The van der Waals surface area contributed by atoms with Crippen LogP contribution in [0.1, 0.15) is 49.5 Å².